The first-order valence-corrected chi connectivity index (χ1v) is 6.11. The van der Waals surface area contributed by atoms with Crippen LogP contribution < -0.4 is 4.74 Å². The third-order valence-electron chi connectivity index (χ3n) is 2.80. The average molecular weight is 252 g/mol. The first-order valence-electron chi connectivity index (χ1n) is 6.11. The number of hydrogen-bond donors (Lipinski definition) is 0. The van der Waals surface area contributed by atoms with Crippen molar-refractivity contribution in [3.05, 3.63) is 66.2 Å². The summed E-state index contributed by atoms with van der Waals surface area (Å²) in [5.41, 5.74) is 3.51. The van der Waals surface area contributed by atoms with E-state index < -0.39 is 5.97 Å². The summed E-state index contributed by atoms with van der Waals surface area (Å²) in [6.07, 6.45) is 0. The lowest BCUT2D eigenvalue weighted by atomic mass is 10.0. The van der Waals surface area contributed by atoms with Gasteiger partial charge in [-0.05, 0) is 25.5 Å². The maximum atomic E-state index is 11.6. The van der Waals surface area contributed by atoms with Gasteiger partial charge < -0.3 is 4.74 Å². The lowest BCUT2D eigenvalue weighted by Crippen LogP contribution is -2.08. The second-order valence-electron chi connectivity index (χ2n) is 4.53. The summed E-state index contributed by atoms with van der Waals surface area (Å²) >= 11 is 0. The quantitative estimate of drug-likeness (QED) is 0.466. The molecule has 96 valence electrons. The zero-order valence-corrected chi connectivity index (χ0v) is 11.1. The van der Waals surface area contributed by atoms with Gasteiger partial charge in [-0.2, -0.15) is 0 Å². The fourth-order valence-electron chi connectivity index (χ4n) is 1.71. The highest BCUT2D eigenvalue weighted by Gasteiger charge is 2.10. The van der Waals surface area contributed by atoms with E-state index in [9.17, 15) is 4.79 Å². The predicted molar refractivity (Wildman–Crippen MR) is 77.1 cm³/mol. The molecule has 0 amide bonds. The lowest BCUT2D eigenvalue weighted by Gasteiger charge is -2.10. The van der Waals surface area contributed by atoms with E-state index >= 15 is 0 Å². The molecule has 19 heavy (non-hydrogen) atoms. The van der Waals surface area contributed by atoms with Gasteiger partial charge in [0.05, 0.1) is 0 Å². The van der Waals surface area contributed by atoms with Crippen molar-refractivity contribution in [1.29, 1.82) is 0 Å². The number of hydrogen-bond acceptors (Lipinski definition) is 2. The zero-order chi connectivity index (χ0) is 13.8. The van der Waals surface area contributed by atoms with Crippen LogP contribution in [0.25, 0.3) is 11.1 Å². The minimum absolute atomic E-state index is 0.388. The number of para-hydroxylation sites is 1. The van der Waals surface area contributed by atoms with E-state index in [0.717, 1.165) is 11.1 Å². The van der Waals surface area contributed by atoms with Crippen LogP contribution in [0.3, 0.4) is 0 Å². The van der Waals surface area contributed by atoms with Gasteiger partial charge in [-0.25, -0.2) is 4.79 Å². The standard InChI is InChI=1S/C17H16O2/c1-12(2)17(18)19-16-7-5-4-6-15(16)14-10-8-13(3)9-11-14/h4-11H,1H2,2-3H3. The van der Waals surface area contributed by atoms with E-state index in [2.05, 4.69) is 6.58 Å². The average Bonchev–Trinajstić information content (AvgIpc) is 2.40. The molecule has 0 fully saturated rings. The number of benzene rings is 2. The summed E-state index contributed by atoms with van der Waals surface area (Å²) in [5, 5.41) is 0. The summed E-state index contributed by atoms with van der Waals surface area (Å²) in [7, 11) is 0. The van der Waals surface area contributed by atoms with Crippen molar-refractivity contribution >= 4 is 5.97 Å². The maximum Gasteiger partial charge on any atom is 0.338 e. The molecule has 0 aromatic heterocycles. The van der Waals surface area contributed by atoms with E-state index in [4.69, 9.17) is 4.74 Å². The molecule has 0 atom stereocenters. The van der Waals surface area contributed by atoms with Crippen LogP contribution >= 0.6 is 0 Å². The van der Waals surface area contributed by atoms with Crippen LogP contribution in [0.2, 0.25) is 0 Å². The van der Waals surface area contributed by atoms with E-state index in [0.29, 0.717) is 11.3 Å². The molecule has 0 saturated heterocycles. The van der Waals surface area contributed by atoms with E-state index in [1.54, 1.807) is 13.0 Å². The molecule has 0 saturated carbocycles. The topological polar surface area (TPSA) is 26.3 Å². The van der Waals surface area contributed by atoms with Gasteiger partial charge in [0.2, 0.25) is 0 Å². The molecule has 2 aromatic carbocycles. The van der Waals surface area contributed by atoms with E-state index in [1.165, 1.54) is 5.56 Å². The van der Waals surface area contributed by atoms with Crippen molar-refractivity contribution in [3.8, 4) is 16.9 Å². The lowest BCUT2D eigenvalue weighted by molar-refractivity contribution is -0.130. The smallest absolute Gasteiger partial charge is 0.338 e. The van der Waals surface area contributed by atoms with Crippen molar-refractivity contribution < 1.29 is 9.53 Å². The van der Waals surface area contributed by atoms with Crippen molar-refractivity contribution in [3.63, 3.8) is 0 Å². The van der Waals surface area contributed by atoms with Gasteiger partial charge in [-0.1, -0.05) is 54.6 Å². The summed E-state index contributed by atoms with van der Waals surface area (Å²) in [5.74, 6) is 0.152. The monoisotopic (exact) mass is 252 g/mol. The SMILES string of the molecule is C=C(C)C(=O)Oc1ccccc1-c1ccc(C)cc1. The largest absolute Gasteiger partial charge is 0.423 e. The Balaban J connectivity index is 2.38. The maximum absolute atomic E-state index is 11.6. The summed E-state index contributed by atoms with van der Waals surface area (Å²) in [6, 6.07) is 15.6. The number of ether oxygens (including phenoxy) is 1. The molecule has 0 radical (unpaired) electrons. The molecule has 0 unspecified atom stereocenters. The molecule has 0 aliphatic heterocycles. The summed E-state index contributed by atoms with van der Waals surface area (Å²) < 4.78 is 5.35. The normalized spacial score (nSPS) is 10.0. The summed E-state index contributed by atoms with van der Waals surface area (Å²) in [4.78, 5) is 11.6. The molecule has 0 heterocycles. The Morgan fingerprint density at radius 2 is 1.68 bits per heavy atom. The zero-order valence-electron chi connectivity index (χ0n) is 11.1. The van der Waals surface area contributed by atoms with Crippen molar-refractivity contribution in [2.45, 2.75) is 13.8 Å². The minimum atomic E-state index is -0.403. The third kappa shape index (κ3) is 3.10. The van der Waals surface area contributed by atoms with Gasteiger partial charge in [0.1, 0.15) is 5.75 Å². The van der Waals surface area contributed by atoms with Crippen molar-refractivity contribution in [2.24, 2.45) is 0 Å². The Kier molecular flexibility index (Phi) is 3.81. The van der Waals surface area contributed by atoms with Gasteiger partial charge in [0.15, 0.2) is 0 Å². The molecule has 0 bridgehead atoms. The molecule has 0 aliphatic rings. The molecule has 2 rings (SSSR count). The number of carbonyl (C=O) groups is 1. The molecular weight excluding hydrogens is 236 g/mol. The highest BCUT2D eigenvalue weighted by atomic mass is 16.5. The Hall–Kier alpha value is -2.35. The first-order chi connectivity index (χ1) is 9.08. The van der Waals surface area contributed by atoms with Crippen LogP contribution in [0.5, 0.6) is 5.75 Å². The fourth-order valence-corrected chi connectivity index (χ4v) is 1.71. The fraction of sp³-hybridized carbons (Fsp3) is 0.118. The highest BCUT2D eigenvalue weighted by Crippen LogP contribution is 2.30. The molecule has 2 nitrogen and oxygen atoms in total. The second-order valence-corrected chi connectivity index (χ2v) is 4.53. The van der Waals surface area contributed by atoms with E-state index in [-0.39, 0.29) is 0 Å². The second kappa shape index (κ2) is 5.53. The van der Waals surface area contributed by atoms with Crippen LogP contribution in [0, 0.1) is 6.92 Å². The number of rotatable bonds is 3. The Bertz CT molecular complexity index is 609. The first kappa shape index (κ1) is 13.1. The predicted octanol–water partition coefficient (Wildman–Crippen LogP) is 4.14. The Labute approximate surface area is 113 Å². The molecule has 2 heteroatoms. The van der Waals surface area contributed by atoms with Gasteiger partial charge in [-0.3, -0.25) is 0 Å². The molecule has 2 aromatic rings. The Morgan fingerprint density at radius 1 is 1.05 bits per heavy atom. The van der Waals surface area contributed by atoms with Gasteiger partial charge >= 0.3 is 5.97 Å². The van der Waals surface area contributed by atoms with Crippen molar-refractivity contribution in [1.82, 2.24) is 0 Å². The van der Waals surface area contributed by atoms with E-state index in [1.807, 2.05) is 49.4 Å². The minimum Gasteiger partial charge on any atom is -0.423 e. The molecule has 0 aliphatic carbocycles. The van der Waals surface area contributed by atoms with Crippen molar-refractivity contribution in [2.75, 3.05) is 0 Å². The highest BCUT2D eigenvalue weighted by molar-refractivity contribution is 5.90. The van der Waals surface area contributed by atoms with Crippen LogP contribution in [-0.4, -0.2) is 5.97 Å². The number of esters is 1. The third-order valence-corrected chi connectivity index (χ3v) is 2.80. The summed E-state index contributed by atoms with van der Waals surface area (Å²) in [6.45, 7) is 7.26. The molecular formula is C17H16O2. The molecule has 0 N–H and O–H groups in total. The Morgan fingerprint density at radius 3 is 2.32 bits per heavy atom. The van der Waals surface area contributed by atoms with Crippen LogP contribution in [0.1, 0.15) is 12.5 Å². The number of carbonyl (C=O) groups excluding carboxylic acids is 1. The van der Waals surface area contributed by atoms with Gasteiger partial charge in [0, 0.05) is 11.1 Å². The van der Waals surface area contributed by atoms with Crippen LogP contribution in [0.15, 0.2) is 60.7 Å². The van der Waals surface area contributed by atoms with Crippen LogP contribution in [0.4, 0.5) is 0 Å². The number of aryl methyl sites for hydroxylation is 1. The van der Waals surface area contributed by atoms with Crippen LogP contribution in [-0.2, 0) is 4.79 Å². The van der Waals surface area contributed by atoms with Gasteiger partial charge in [-0.15, -0.1) is 0 Å². The molecule has 0 spiro atoms. The van der Waals surface area contributed by atoms with Gasteiger partial charge in [0.25, 0.3) is 0 Å².